The molecule has 0 bridgehead atoms. The van der Waals surface area contributed by atoms with Crippen LogP contribution in [0.2, 0.25) is 5.15 Å². The molecule has 0 fully saturated rings. The second kappa shape index (κ2) is 6.55. The molecule has 0 unspecified atom stereocenters. The molecule has 0 radical (unpaired) electrons. The fourth-order valence-electron chi connectivity index (χ4n) is 1.93. The van der Waals surface area contributed by atoms with Gasteiger partial charge in [0.15, 0.2) is 0 Å². The van der Waals surface area contributed by atoms with Gasteiger partial charge < -0.3 is 10.1 Å². The number of hydrogen-bond acceptors (Lipinski definition) is 3. The summed E-state index contributed by atoms with van der Waals surface area (Å²) < 4.78 is 5.20. The molecule has 19 heavy (non-hydrogen) atoms. The first-order valence-corrected chi connectivity index (χ1v) is 6.51. The maximum atomic E-state index is 5.85. The fraction of sp³-hybridized carbons (Fsp3) is 0.267. The topological polar surface area (TPSA) is 34.1 Å². The van der Waals surface area contributed by atoms with E-state index in [2.05, 4.69) is 22.4 Å². The molecule has 0 saturated carbocycles. The molecule has 1 heterocycles. The normalized spacial score (nSPS) is 10.5. The third-order valence-electron chi connectivity index (χ3n) is 2.94. The number of rotatable bonds is 5. The minimum Gasteiger partial charge on any atom is -0.380 e. The summed E-state index contributed by atoms with van der Waals surface area (Å²) in [4.78, 5) is 4.22. The highest BCUT2D eigenvalue weighted by atomic mass is 35.5. The molecule has 0 aliphatic carbocycles. The fourth-order valence-corrected chi connectivity index (χ4v) is 2.12. The number of aryl methyl sites for hydroxylation is 1. The first kappa shape index (κ1) is 13.8. The van der Waals surface area contributed by atoms with Crippen molar-refractivity contribution in [3.05, 3.63) is 58.4 Å². The highest BCUT2D eigenvalue weighted by Gasteiger charge is 2.03. The molecule has 0 saturated heterocycles. The summed E-state index contributed by atoms with van der Waals surface area (Å²) >= 11 is 5.85. The zero-order valence-electron chi connectivity index (χ0n) is 11.1. The second-order valence-electron chi connectivity index (χ2n) is 4.32. The van der Waals surface area contributed by atoms with Crippen molar-refractivity contribution >= 4 is 17.3 Å². The van der Waals surface area contributed by atoms with Crippen molar-refractivity contribution in [3.8, 4) is 0 Å². The molecule has 0 aliphatic rings. The van der Waals surface area contributed by atoms with Crippen molar-refractivity contribution in [3.63, 3.8) is 0 Å². The van der Waals surface area contributed by atoms with Gasteiger partial charge in [-0.05, 0) is 30.2 Å². The van der Waals surface area contributed by atoms with Gasteiger partial charge in [-0.2, -0.15) is 0 Å². The van der Waals surface area contributed by atoms with Crippen molar-refractivity contribution < 1.29 is 4.74 Å². The SMILES string of the molecule is COCc1ccccc1CNc1ccc(Cl)nc1C. The number of hydrogen-bond donors (Lipinski definition) is 1. The Balaban J connectivity index is 2.10. The van der Waals surface area contributed by atoms with E-state index >= 15 is 0 Å². The van der Waals surface area contributed by atoms with Gasteiger partial charge in [0.1, 0.15) is 5.15 Å². The van der Waals surface area contributed by atoms with Gasteiger partial charge >= 0.3 is 0 Å². The van der Waals surface area contributed by atoms with E-state index in [0.717, 1.165) is 17.9 Å². The van der Waals surface area contributed by atoms with Gasteiger partial charge in [0, 0.05) is 13.7 Å². The zero-order valence-corrected chi connectivity index (χ0v) is 11.9. The van der Waals surface area contributed by atoms with Crippen LogP contribution < -0.4 is 5.32 Å². The number of ether oxygens (including phenoxy) is 1. The van der Waals surface area contributed by atoms with Crippen LogP contribution in [0.4, 0.5) is 5.69 Å². The minimum absolute atomic E-state index is 0.517. The van der Waals surface area contributed by atoms with Crippen molar-refractivity contribution in [1.82, 2.24) is 4.98 Å². The van der Waals surface area contributed by atoms with Crippen LogP contribution in [0.3, 0.4) is 0 Å². The average molecular weight is 277 g/mol. The van der Waals surface area contributed by atoms with E-state index in [0.29, 0.717) is 11.8 Å². The van der Waals surface area contributed by atoms with E-state index in [4.69, 9.17) is 16.3 Å². The Morgan fingerprint density at radius 2 is 1.89 bits per heavy atom. The third-order valence-corrected chi connectivity index (χ3v) is 3.15. The minimum atomic E-state index is 0.517. The summed E-state index contributed by atoms with van der Waals surface area (Å²) in [6.07, 6.45) is 0. The van der Waals surface area contributed by atoms with Gasteiger partial charge in [0.25, 0.3) is 0 Å². The highest BCUT2D eigenvalue weighted by Crippen LogP contribution is 2.18. The molecule has 0 spiro atoms. The number of methoxy groups -OCH3 is 1. The Labute approximate surface area is 118 Å². The van der Waals surface area contributed by atoms with Crippen LogP contribution in [0.1, 0.15) is 16.8 Å². The van der Waals surface area contributed by atoms with Gasteiger partial charge in [-0.1, -0.05) is 35.9 Å². The molecule has 0 atom stereocenters. The van der Waals surface area contributed by atoms with E-state index in [1.807, 2.05) is 25.1 Å². The smallest absolute Gasteiger partial charge is 0.129 e. The maximum absolute atomic E-state index is 5.85. The second-order valence-corrected chi connectivity index (χ2v) is 4.71. The van der Waals surface area contributed by atoms with Gasteiger partial charge in [0.2, 0.25) is 0 Å². The summed E-state index contributed by atoms with van der Waals surface area (Å²) in [6, 6.07) is 12.0. The summed E-state index contributed by atoms with van der Waals surface area (Å²) in [7, 11) is 1.71. The molecule has 2 aromatic rings. The quantitative estimate of drug-likeness (QED) is 0.844. The van der Waals surface area contributed by atoms with E-state index in [9.17, 15) is 0 Å². The van der Waals surface area contributed by atoms with Crippen molar-refractivity contribution in [2.45, 2.75) is 20.1 Å². The van der Waals surface area contributed by atoms with Crippen LogP contribution in [0, 0.1) is 6.92 Å². The molecular formula is C15H17ClN2O. The Morgan fingerprint density at radius 3 is 2.58 bits per heavy atom. The van der Waals surface area contributed by atoms with Gasteiger partial charge in [0.05, 0.1) is 18.0 Å². The van der Waals surface area contributed by atoms with E-state index in [-0.39, 0.29) is 0 Å². The Hall–Kier alpha value is -1.58. The molecule has 0 aliphatic heterocycles. The van der Waals surface area contributed by atoms with Crippen LogP contribution in [-0.4, -0.2) is 12.1 Å². The molecule has 1 aromatic heterocycles. The van der Waals surface area contributed by atoms with E-state index in [1.54, 1.807) is 13.2 Å². The third kappa shape index (κ3) is 3.69. The molecule has 100 valence electrons. The van der Waals surface area contributed by atoms with Gasteiger partial charge in [-0.25, -0.2) is 4.98 Å². The van der Waals surface area contributed by atoms with Gasteiger partial charge in [-0.15, -0.1) is 0 Å². The predicted molar refractivity (Wildman–Crippen MR) is 78.5 cm³/mol. The zero-order chi connectivity index (χ0) is 13.7. The number of anilines is 1. The standard InChI is InChI=1S/C15H17ClN2O/c1-11-14(7-8-15(16)18-11)17-9-12-5-3-4-6-13(12)10-19-2/h3-8,17H,9-10H2,1-2H3. The predicted octanol–water partition coefficient (Wildman–Crippen LogP) is 3.80. The largest absolute Gasteiger partial charge is 0.380 e. The summed E-state index contributed by atoms with van der Waals surface area (Å²) in [5.41, 5.74) is 4.31. The van der Waals surface area contributed by atoms with Crippen LogP contribution >= 0.6 is 11.6 Å². The van der Waals surface area contributed by atoms with E-state index < -0.39 is 0 Å². The van der Waals surface area contributed by atoms with Crippen LogP contribution in [0.25, 0.3) is 0 Å². The number of aromatic nitrogens is 1. The number of nitrogens with one attached hydrogen (secondary N) is 1. The van der Waals surface area contributed by atoms with Crippen molar-refractivity contribution in [1.29, 1.82) is 0 Å². The first-order chi connectivity index (χ1) is 9.20. The summed E-state index contributed by atoms with van der Waals surface area (Å²) in [5, 5.41) is 3.90. The number of nitrogens with zero attached hydrogens (tertiary/aromatic N) is 1. The van der Waals surface area contributed by atoms with Crippen molar-refractivity contribution in [2.24, 2.45) is 0 Å². The van der Waals surface area contributed by atoms with Crippen LogP contribution in [0.15, 0.2) is 36.4 Å². The monoisotopic (exact) mass is 276 g/mol. The lowest BCUT2D eigenvalue weighted by molar-refractivity contribution is 0.184. The first-order valence-electron chi connectivity index (χ1n) is 6.13. The number of pyridine rings is 1. The summed E-state index contributed by atoms with van der Waals surface area (Å²) in [6.45, 7) is 3.30. The summed E-state index contributed by atoms with van der Waals surface area (Å²) in [5.74, 6) is 0. The van der Waals surface area contributed by atoms with Gasteiger partial charge in [-0.3, -0.25) is 0 Å². The highest BCUT2D eigenvalue weighted by molar-refractivity contribution is 6.29. The van der Waals surface area contributed by atoms with Crippen molar-refractivity contribution in [2.75, 3.05) is 12.4 Å². The molecule has 3 nitrogen and oxygen atoms in total. The molecule has 1 N–H and O–H groups in total. The lowest BCUT2D eigenvalue weighted by Crippen LogP contribution is -2.05. The van der Waals surface area contributed by atoms with Crippen LogP contribution in [0.5, 0.6) is 0 Å². The molecule has 0 amide bonds. The Bertz CT molecular complexity index is 558. The average Bonchev–Trinajstić information content (AvgIpc) is 2.40. The lowest BCUT2D eigenvalue weighted by Gasteiger charge is -2.12. The van der Waals surface area contributed by atoms with E-state index in [1.165, 1.54) is 11.1 Å². The molecule has 2 rings (SSSR count). The van der Waals surface area contributed by atoms with Crippen LogP contribution in [-0.2, 0) is 17.9 Å². The Kier molecular flexibility index (Phi) is 4.77. The Morgan fingerprint density at radius 1 is 1.16 bits per heavy atom. The lowest BCUT2D eigenvalue weighted by atomic mass is 10.1. The number of halogens is 1. The maximum Gasteiger partial charge on any atom is 0.129 e. The molecule has 1 aromatic carbocycles. The number of benzene rings is 1. The molecule has 4 heteroatoms. The molecular weight excluding hydrogens is 260 g/mol.